The maximum absolute atomic E-state index is 13.8. The molecule has 0 unspecified atom stereocenters. The lowest BCUT2D eigenvalue weighted by Gasteiger charge is -2.08. The number of hydrogen-bond acceptors (Lipinski definition) is 2. The van der Waals surface area contributed by atoms with Crippen LogP contribution < -0.4 is 0 Å². The number of nitriles is 1. The van der Waals surface area contributed by atoms with Gasteiger partial charge in [0, 0.05) is 5.56 Å². The molecule has 98 valence electrons. The Balaban J connectivity index is 2.12. The van der Waals surface area contributed by atoms with Crippen LogP contribution in [0.1, 0.15) is 11.4 Å². The zero-order valence-corrected chi connectivity index (χ0v) is 10.8. The Morgan fingerprint density at radius 2 is 1.85 bits per heavy atom. The van der Waals surface area contributed by atoms with Crippen LogP contribution in [0.15, 0.2) is 48.5 Å². The monoisotopic (exact) mass is 265 g/mol. The molecule has 0 fully saturated rings. The SMILES string of the molecule is N#CCc1nc2ccccc2n1Cc1ccccc1F. The van der Waals surface area contributed by atoms with Crippen molar-refractivity contribution in [2.45, 2.75) is 13.0 Å². The smallest absolute Gasteiger partial charge is 0.128 e. The molecule has 0 spiro atoms. The molecule has 1 heterocycles. The fraction of sp³-hybridized carbons (Fsp3) is 0.125. The number of fused-ring (bicyclic) bond motifs is 1. The van der Waals surface area contributed by atoms with Crippen molar-refractivity contribution in [3.05, 3.63) is 65.7 Å². The Kier molecular flexibility index (Phi) is 3.18. The van der Waals surface area contributed by atoms with Crippen LogP contribution >= 0.6 is 0 Å². The number of hydrogen-bond donors (Lipinski definition) is 0. The van der Waals surface area contributed by atoms with E-state index in [1.807, 2.05) is 34.9 Å². The highest BCUT2D eigenvalue weighted by Crippen LogP contribution is 2.19. The standard InChI is InChI=1S/C16H12FN3/c17-13-6-2-1-5-12(13)11-20-15-8-4-3-7-14(15)19-16(20)9-10-18/h1-8H,9,11H2. The summed E-state index contributed by atoms with van der Waals surface area (Å²) in [7, 11) is 0. The van der Waals surface area contributed by atoms with Gasteiger partial charge < -0.3 is 4.57 Å². The van der Waals surface area contributed by atoms with Crippen LogP contribution in [-0.4, -0.2) is 9.55 Å². The van der Waals surface area contributed by atoms with Gasteiger partial charge in [-0.15, -0.1) is 0 Å². The summed E-state index contributed by atoms with van der Waals surface area (Å²) in [6, 6.07) is 16.4. The second-order valence-electron chi connectivity index (χ2n) is 4.53. The topological polar surface area (TPSA) is 41.6 Å². The second-order valence-corrected chi connectivity index (χ2v) is 4.53. The maximum Gasteiger partial charge on any atom is 0.128 e. The predicted molar refractivity (Wildman–Crippen MR) is 74.6 cm³/mol. The minimum atomic E-state index is -0.242. The van der Waals surface area contributed by atoms with Gasteiger partial charge in [0.2, 0.25) is 0 Å². The summed E-state index contributed by atoms with van der Waals surface area (Å²) in [6.07, 6.45) is 0.211. The van der Waals surface area contributed by atoms with Gasteiger partial charge in [0.1, 0.15) is 11.6 Å². The van der Waals surface area contributed by atoms with Gasteiger partial charge in [-0.1, -0.05) is 30.3 Å². The molecule has 1 aromatic heterocycles. The van der Waals surface area contributed by atoms with Gasteiger partial charge in [0.15, 0.2) is 0 Å². The molecule has 3 aromatic rings. The van der Waals surface area contributed by atoms with E-state index in [1.165, 1.54) is 6.07 Å². The highest BCUT2D eigenvalue weighted by molar-refractivity contribution is 5.76. The van der Waals surface area contributed by atoms with Crippen LogP contribution in [0.2, 0.25) is 0 Å². The van der Waals surface area contributed by atoms with Gasteiger partial charge in [0.05, 0.1) is 30.1 Å². The molecule has 0 bridgehead atoms. The van der Waals surface area contributed by atoms with E-state index in [0.29, 0.717) is 17.9 Å². The normalized spacial score (nSPS) is 10.6. The first-order chi connectivity index (χ1) is 9.79. The highest BCUT2D eigenvalue weighted by Gasteiger charge is 2.11. The first-order valence-electron chi connectivity index (χ1n) is 6.34. The summed E-state index contributed by atoms with van der Waals surface area (Å²) < 4.78 is 15.7. The fourth-order valence-electron chi connectivity index (χ4n) is 2.30. The molecular weight excluding hydrogens is 253 g/mol. The minimum absolute atomic E-state index is 0.211. The summed E-state index contributed by atoms with van der Waals surface area (Å²) in [6.45, 7) is 0.379. The van der Waals surface area contributed by atoms with Crippen LogP contribution in [0.5, 0.6) is 0 Å². The lowest BCUT2D eigenvalue weighted by atomic mass is 10.2. The molecule has 0 aliphatic rings. The number of aromatic nitrogens is 2. The third kappa shape index (κ3) is 2.14. The molecule has 0 atom stereocenters. The zero-order chi connectivity index (χ0) is 13.9. The number of rotatable bonds is 3. The number of nitrogens with zero attached hydrogens (tertiary/aromatic N) is 3. The van der Waals surface area contributed by atoms with E-state index in [-0.39, 0.29) is 12.2 Å². The van der Waals surface area contributed by atoms with E-state index in [9.17, 15) is 4.39 Å². The number of halogens is 1. The van der Waals surface area contributed by atoms with Crippen molar-refractivity contribution < 1.29 is 4.39 Å². The van der Waals surface area contributed by atoms with E-state index in [1.54, 1.807) is 12.1 Å². The Morgan fingerprint density at radius 3 is 2.65 bits per heavy atom. The lowest BCUT2D eigenvalue weighted by Crippen LogP contribution is -2.06. The van der Waals surface area contributed by atoms with Gasteiger partial charge >= 0.3 is 0 Å². The van der Waals surface area contributed by atoms with Crippen molar-refractivity contribution >= 4 is 11.0 Å². The van der Waals surface area contributed by atoms with E-state index in [4.69, 9.17) is 5.26 Å². The Bertz CT molecular complexity index is 799. The average molecular weight is 265 g/mol. The Hall–Kier alpha value is -2.67. The van der Waals surface area contributed by atoms with Crippen molar-refractivity contribution in [2.75, 3.05) is 0 Å². The van der Waals surface area contributed by atoms with Crippen molar-refractivity contribution in [3.8, 4) is 6.07 Å². The lowest BCUT2D eigenvalue weighted by molar-refractivity contribution is 0.598. The van der Waals surface area contributed by atoms with Crippen LogP contribution in [0.3, 0.4) is 0 Å². The van der Waals surface area contributed by atoms with Crippen molar-refractivity contribution in [1.82, 2.24) is 9.55 Å². The predicted octanol–water partition coefficient (Wildman–Crippen LogP) is 3.29. The minimum Gasteiger partial charge on any atom is -0.323 e. The van der Waals surface area contributed by atoms with Gasteiger partial charge in [-0.2, -0.15) is 5.26 Å². The molecule has 0 aliphatic heterocycles. The zero-order valence-electron chi connectivity index (χ0n) is 10.8. The van der Waals surface area contributed by atoms with Crippen molar-refractivity contribution in [2.24, 2.45) is 0 Å². The largest absolute Gasteiger partial charge is 0.323 e. The summed E-state index contributed by atoms with van der Waals surface area (Å²) in [5.74, 6) is 0.421. The van der Waals surface area contributed by atoms with Crippen molar-refractivity contribution in [1.29, 1.82) is 5.26 Å². The fourth-order valence-corrected chi connectivity index (χ4v) is 2.30. The van der Waals surface area contributed by atoms with Crippen LogP contribution in [0.4, 0.5) is 4.39 Å². The molecular formula is C16H12FN3. The van der Waals surface area contributed by atoms with E-state index >= 15 is 0 Å². The molecule has 0 N–H and O–H groups in total. The molecule has 2 aromatic carbocycles. The summed E-state index contributed by atoms with van der Waals surface area (Å²) >= 11 is 0. The quantitative estimate of drug-likeness (QED) is 0.729. The van der Waals surface area contributed by atoms with Crippen LogP contribution in [0, 0.1) is 17.1 Å². The summed E-state index contributed by atoms with van der Waals surface area (Å²) in [5.41, 5.74) is 2.34. The van der Waals surface area contributed by atoms with Crippen molar-refractivity contribution in [3.63, 3.8) is 0 Å². The van der Waals surface area contributed by atoms with Gasteiger partial charge in [0.25, 0.3) is 0 Å². The molecule has 0 amide bonds. The van der Waals surface area contributed by atoms with Gasteiger partial charge in [-0.05, 0) is 18.2 Å². The molecule has 0 saturated carbocycles. The van der Waals surface area contributed by atoms with Crippen LogP contribution in [-0.2, 0) is 13.0 Å². The molecule has 3 rings (SSSR count). The molecule has 0 aliphatic carbocycles. The summed E-state index contributed by atoms with van der Waals surface area (Å²) in [4.78, 5) is 4.45. The third-order valence-electron chi connectivity index (χ3n) is 3.26. The van der Waals surface area contributed by atoms with E-state index in [0.717, 1.165) is 11.0 Å². The third-order valence-corrected chi connectivity index (χ3v) is 3.26. The van der Waals surface area contributed by atoms with E-state index in [2.05, 4.69) is 11.1 Å². The number of para-hydroxylation sites is 2. The van der Waals surface area contributed by atoms with Gasteiger partial charge in [-0.3, -0.25) is 0 Å². The van der Waals surface area contributed by atoms with Crippen LogP contribution in [0.25, 0.3) is 11.0 Å². The molecule has 20 heavy (non-hydrogen) atoms. The average Bonchev–Trinajstić information content (AvgIpc) is 2.80. The number of imidazole rings is 1. The maximum atomic E-state index is 13.8. The Morgan fingerprint density at radius 1 is 1.10 bits per heavy atom. The first-order valence-corrected chi connectivity index (χ1v) is 6.34. The van der Waals surface area contributed by atoms with Gasteiger partial charge in [-0.25, -0.2) is 9.37 Å². The molecule has 0 saturated heterocycles. The van der Waals surface area contributed by atoms with E-state index < -0.39 is 0 Å². The number of benzene rings is 2. The second kappa shape index (κ2) is 5.14. The highest BCUT2D eigenvalue weighted by atomic mass is 19.1. The summed E-state index contributed by atoms with van der Waals surface area (Å²) in [5, 5.41) is 8.91. The first kappa shape index (κ1) is 12.4. The Labute approximate surface area is 115 Å². The molecule has 4 heteroatoms. The molecule has 0 radical (unpaired) electrons. The molecule has 3 nitrogen and oxygen atoms in total.